The summed E-state index contributed by atoms with van der Waals surface area (Å²) in [5, 5.41) is 0.352. The first-order chi connectivity index (χ1) is 20.2. The average molecular weight is 608 g/mol. The number of hydrogen-bond donors (Lipinski definition) is 0. The lowest BCUT2D eigenvalue weighted by atomic mass is 10.0. The number of nitrogens with zero attached hydrogens (tertiary/aromatic N) is 1. The molecule has 7 heteroatoms. The van der Waals surface area contributed by atoms with Crippen molar-refractivity contribution in [2.45, 2.75) is 55.9 Å². The van der Waals surface area contributed by atoms with Gasteiger partial charge in [0.25, 0.3) is 0 Å². The van der Waals surface area contributed by atoms with Gasteiger partial charge in [-0.1, -0.05) is 73.5 Å². The van der Waals surface area contributed by atoms with E-state index < -0.39 is 38.1 Å². The molecule has 1 heterocycles. The monoisotopic (exact) mass is 607 g/mol. The van der Waals surface area contributed by atoms with Crippen LogP contribution in [0.3, 0.4) is 0 Å². The van der Waals surface area contributed by atoms with Gasteiger partial charge >= 0.3 is 0 Å². The van der Waals surface area contributed by atoms with Crippen molar-refractivity contribution in [1.29, 1.82) is 0 Å². The third-order valence-electron chi connectivity index (χ3n) is 9.16. The lowest BCUT2D eigenvalue weighted by Gasteiger charge is -2.53. The quantitative estimate of drug-likeness (QED) is 0.115. The highest BCUT2D eigenvalue weighted by atomic mass is 31.2. The van der Waals surface area contributed by atoms with Crippen molar-refractivity contribution in [2.75, 3.05) is 0 Å². The second kappa shape index (κ2) is 11.8. The van der Waals surface area contributed by atoms with Gasteiger partial charge in [0.15, 0.2) is 11.6 Å². The van der Waals surface area contributed by atoms with E-state index in [-0.39, 0.29) is 28.0 Å². The van der Waals surface area contributed by atoms with Crippen molar-refractivity contribution in [3.8, 4) is 0 Å². The minimum atomic E-state index is -3.39. The average Bonchev–Trinajstić information content (AvgIpc) is 3.62. The van der Waals surface area contributed by atoms with E-state index in [1.807, 2.05) is 36.4 Å². The van der Waals surface area contributed by atoms with E-state index in [4.69, 9.17) is 13.3 Å². The van der Waals surface area contributed by atoms with Crippen LogP contribution in [-0.2, 0) is 0 Å². The Morgan fingerprint density at radius 3 is 1.45 bits per heavy atom. The van der Waals surface area contributed by atoms with Gasteiger partial charge in [0, 0.05) is 19.5 Å². The second-order valence-electron chi connectivity index (χ2n) is 11.5. The summed E-state index contributed by atoms with van der Waals surface area (Å²) in [6, 6.07) is 27.6. The van der Waals surface area contributed by atoms with Gasteiger partial charge in [-0.2, -0.15) is 6.66 Å². The molecule has 1 nitrogen and oxygen atoms in total. The van der Waals surface area contributed by atoms with Gasteiger partial charge in [0.1, 0.15) is 22.2 Å². The minimum absolute atomic E-state index is 0.0221. The zero-order chi connectivity index (χ0) is 29.5. The molecule has 0 amide bonds. The molecule has 0 radical (unpaired) electrons. The van der Waals surface area contributed by atoms with Crippen LogP contribution in [0.1, 0.15) is 61.0 Å². The maximum absolute atomic E-state index is 16.1. The van der Waals surface area contributed by atoms with Crippen LogP contribution in [0, 0.1) is 36.6 Å². The van der Waals surface area contributed by atoms with Crippen LogP contribution in [0.4, 0.5) is 17.6 Å². The minimum Gasteiger partial charge on any atom is -0.207 e. The molecule has 4 aromatic rings. The van der Waals surface area contributed by atoms with E-state index in [0.717, 1.165) is 61.8 Å². The van der Waals surface area contributed by atoms with Crippen molar-refractivity contribution in [2.24, 2.45) is 0 Å². The molecule has 218 valence electrons. The Bertz CT molecular complexity index is 1440. The number of rotatable bonds is 7. The van der Waals surface area contributed by atoms with E-state index in [1.54, 1.807) is 0 Å². The highest BCUT2D eigenvalue weighted by Gasteiger charge is 2.63. The first-order valence-corrected chi connectivity index (χ1v) is 18.5. The Morgan fingerprint density at radius 2 is 1.05 bits per heavy atom. The van der Waals surface area contributed by atoms with Crippen LogP contribution < -0.4 is 10.6 Å². The molecule has 0 aromatic heterocycles. The predicted molar refractivity (Wildman–Crippen MR) is 168 cm³/mol. The number of halogens is 4. The van der Waals surface area contributed by atoms with E-state index in [0.29, 0.717) is 0 Å². The molecular weight excluding hydrogens is 572 g/mol. The molecular formula is C35H35F4NP2. The maximum Gasteiger partial charge on any atom is 0.167 e. The summed E-state index contributed by atoms with van der Waals surface area (Å²) in [6.07, 6.45) is 5.44. The molecule has 4 aromatic carbocycles. The fourth-order valence-corrected chi connectivity index (χ4v) is 18.4. The largest absolute Gasteiger partial charge is 0.207 e. The third kappa shape index (κ3) is 5.02. The fraction of sp³-hybridized carbons (Fsp3) is 0.257. The van der Waals surface area contributed by atoms with Crippen LogP contribution >= 0.6 is 14.8 Å². The smallest absolute Gasteiger partial charge is 0.167 e. The molecule has 0 N–H and O–H groups in total. The van der Waals surface area contributed by atoms with E-state index in [2.05, 4.69) is 28.7 Å². The zero-order valence-electron chi connectivity index (χ0n) is 23.5. The van der Waals surface area contributed by atoms with Crippen LogP contribution in [0.25, 0.3) is 0 Å². The molecule has 0 bridgehead atoms. The number of benzene rings is 4. The first-order valence-electron chi connectivity index (χ1n) is 14.5. The van der Waals surface area contributed by atoms with Crippen molar-refractivity contribution in [3.63, 3.8) is 0 Å². The van der Waals surface area contributed by atoms with Gasteiger partial charge in [0.2, 0.25) is 0 Å². The van der Waals surface area contributed by atoms with Crippen molar-refractivity contribution in [3.05, 3.63) is 145 Å². The topological polar surface area (TPSA) is 3.24 Å². The van der Waals surface area contributed by atoms with Crippen LogP contribution in [0.2, 0.25) is 0 Å². The summed E-state index contributed by atoms with van der Waals surface area (Å²) >= 11 is 0. The lowest BCUT2D eigenvalue weighted by Crippen LogP contribution is -2.43. The highest BCUT2D eigenvalue weighted by molar-refractivity contribution is 7.97. The maximum atomic E-state index is 16.1. The molecule has 0 unspecified atom stereocenters. The van der Waals surface area contributed by atoms with Crippen molar-refractivity contribution >= 4 is 25.4 Å². The fourth-order valence-electron chi connectivity index (χ4n) is 7.38. The summed E-state index contributed by atoms with van der Waals surface area (Å²) in [5.74, 6) is -2.94. The van der Waals surface area contributed by atoms with Crippen LogP contribution in [0.5, 0.6) is 0 Å². The molecule has 1 aliphatic heterocycles. The lowest BCUT2D eigenvalue weighted by molar-refractivity contribution is 0.488. The second-order valence-corrected chi connectivity index (χ2v) is 18.2. The Balaban J connectivity index is 1.68. The van der Waals surface area contributed by atoms with Crippen molar-refractivity contribution in [1.82, 2.24) is 4.44 Å². The summed E-state index contributed by atoms with van der Waals surface area (Å²) in [5.41, 5.74) is 2.40. The third-order valence-corrected chi connectivity index (χ3v) is 18.8. The van der Waals surface area contributed by atoms with Crippen molar-refractivity contribution < 1.29 is 17.6 Å². The highest BCUT2D eigenvalue weighted by Crippen LogP contribution is 2.92. The Labute approximate surface area is 247 Å². The summed E-state index contributed by atoms with van der Waals surface area (Å²) < 4.78 is 63.1. The summed E-state index contributed by atoms with van der Waals surface area (Å²) in [6.45, 7) is 9.95. The summed E-state index contributed by atoms with van der Waals surface area (Å²) in [4.78, 5) is 0. The predicted octanol–water partition coefficient (Wildman–Crippen LogP) is 10.2. The molecule has 6 rings (SSSR count). The molecule has 2 fully saturated rings. The van der Waals surface area contributed by atoms with Crippen LogP contribution in [0.15, 0.2) is 97.1 Å². The SMILES string of the molecule is [CH2-][P+](c1ccc(F)cc1F)(c1ccc(F)cc1F)N(C1CCCC1)[P+]1([CH2-])[C@H](c2ccccc2)CC[C@H]1c1ccccc1. The van der Waals surface area contributed by atoms with Gasteiger partial charge in [-0.05, 0) is 61.1 Å². The molecule has 1 aliphatic carbocycles. The Hall–Kier alpha value is -2.58. The molecule has 2 aliphatic rings. The molecule has 0 spiro atoms. The summed E-state index contributed by atoms with van der Waals surface area (Å²) in [7, 11) is -6.00. The first kappa shape index (κ1) is 29.5. The molecule has 1 saturated heterocycles. The van der Waals surface area contributed by atoms with E-state index in [1.165, 1.54) is 24.3 Å². The number of hydrogen-bond acceptors (Lipinski definition) is 1. The van der Waals surface area contributed by atoms with E-state index in [9.17, 15) is 8.78 Å². The van der Waals surface area contributed by atoms with Gasteiger partial charge in [-0.25, -0.2) is 17.6 Å². The van der Waals surface area contributed by atoms with E-state index >= 15 is 8.78 Å². The Kier molecular flexibility index (Phi) is 8.31. The molecule has 1 saturated carbocycles. The van der Waals surface area contributed by atoms with Crippen LogP contribution in [-0.4, -0.2) is 10.5 Å². The van der Waals surface area contributed by atoms with Gasteiger partial charge in [0.05, 0.1) is 24.8 Å². The normalized spacial score (nSPS) is 20.8. The van der Waals surface area contributed by atoms with Gasteiger partial charge in [-0.3, -0.25) is 0 Å². The molecule has 2 atom stereocenters. The van der Waals surface area contributed by atoms with Gasteiger partial charge in [-0.15, -0.1) is 11.1 Å². The standard InChI is InChI=1S/C35H35F4NP2/c1-41(32(25-11-5-3-6-12-25)21-22-33(41)26-13-7-4-8-14-26)40(29-15-9-10-16-29)42(2,34-19-17-27(36)23-30(34)38)35-20-18-28(37)24-31(35)39/h3-8,11-14,17-20,23-24,29,32-33H,1-2,9-10,15-16,21-22H2/t32-,33-/m0/s1. The van der Waals surface area contributed by atoms with Gasteiger partial charge < -0.3 is 0 Å². The zero-order valence-corrected chi connectivity index (χ0v) is 25.3. The Morgan fingerprint density at radius 1 is 0.619 bits per heavy atom. The molecule has 42 heavy (non-hydrogen) atoms.